The number of nitro benzene ring substituents is 1. The van der Waals surface area contributed by atoms with Crippen molar-refractivity contribution in [2.45, 2.75) is 26.2 Å². The summed E-state index contributed by atoms with van der Waals surface area (Å²) in [6, 6.07) is 12.0. The molecule has 1 aromatic heterocycles. The van der Waals surface area contributed by atoms with E-state index in [1.165, 1.54) is 23.5 Å². The number of ether oxygens (including phenoxy) is 1. The highest BCUT2D eigenvalue weighted by Gasteiger charge is 2.19. The molecule has 0 aliphatic carbocycles. The first kappa shape index (κ1) is 18.8. The minimum atomic E-state index is -0.460. The summed E-state index contributed by atoms with van der Waals surface area (Å²) in [6.07, 6.45) is 0. The second-order valence-corrected chi connectivity index (χ2v) is 8.04. The number of hydrogen-bond acceptors (Lipinski definition) is 6. The Kier molecular flexibility index (Phi) is 5.09. The highest BCUT2D eigenvalue weighted by molar-refractivity contribution is 7.22. The van der Waals surface area contributed by atoms with Gasteiger partial charge in [0.1, 0.15) is 5.75 Å². The highest BCUT2D eigenvalue weighted by atomic mass is 32.1. The number of aromatic nitrogens is 1. The summed E-state index contributed by atoms with van der Waals surface area (Å²) in [6.45, 7) is 6.09. The molecule has 0 aliphatic heterocycles. The molecule has 1 amide bonds. The number of para-hydroxylation sites is 1. The number of fused-ring (bicyclic) bond motifs is 1. The normalized spacial score (nSPS) is 11.4. The topological polar surface area (TPSA) is 94.4 Å². The number of carbonyl (C=O) groups is 1. The quantitative estimate of drug-likeness (QED) is 0.515. The van der Waals surface area contributed by atoms with Gasteiger partial charge in [0, 0.05) is 12.1 Å². The Morgan fingerprint density at radius 1 is 1.26 bits per heavy atom. The fourth-order valence-electron chi connectivity index (χ4n) is 2.59. The molecule has 0 unspecified atom stereocenters. The van der Waals surface area contributed by atoms with E-state index in [2.05, 4.69) is 31.1 Å². The third kappa shape index (κ3) is 4.40. The van der Waals surface area contributed by atoms with Crippen LogP contribution in [0.4, 0.5) is 10.8 Å². The van der Waals surface area contributed by atoms with Gasteiger partial charge in [0.15, 0.2) is 11.7 Å². The zero-order valence-electron chi connectivity index (χ0n) is 15.2. The van der Waals surface area contributed by atoms with Crippen molar-refractivity contribution in [2.75, 3.05) is 11.9 Å². The number of benzene rings is 2. The summed E-state index contributed by atoms with van der Waals surface area (Å²) in [4.78, 5) is 26.9. The maximum Gasteiger partial charge on any atom is 0.270 e. The van der Waals surface area contributed by atoms with Gasteiger partial charge in [0.05, 0.1) is 15.1 Å². The smallest absolute Gasteiger partial charge is 0.270 e. The van der Waals surface area contributed by atoms with Crippen LogP contribution in [0.15, 0.2) is 42.5 Å². The number of nitrogens with zero attached hydrogens (tertiary/aromatic N) is 2. The molecule has 0 fully saturated rings. The maximum atomic E-state index is 12.2. The molecule has 1 heterocycles. The number of anilines is 1. The predicted octanol–water partition coefficient (Wildman–Crippen LogP) is 4.52. The van der Waals surface area contributed by atoms with Crippen LogP contribution in [-0.2, 0) is 10.2 Å². The molecule has 0 bridgehead atoms. The van der Waals surface area contributed by atoms with E-state index in [-0.39, 0.29) is 23.6 Å². The SMILES string of the molecule is CC(C)(C)c1ccccc1OCC(=O)Nc1nc2ccc([N+](=O)[O-])cc2s1. The molecule has 8 heteroatoms. The summed E-state index contributed by atoms with van der Waals surface area (Å²) >= 11 is 1.18. The average Bonchev–Trinajstić information content (AvgIpc) is 3.00. The summed E-state index contributed by atoms with van der Waals surface area (Å²) in [5.41, 5.74) is 1.51. The molecule has 3 aromatic rings. The van der Waals surface area contributed by atoms with Crippen LogP contribution in [0, 0.1) is 10.1 Å². The molecule has 0 aliphatic rings. The number of carbonyl (C=O) groups excluding carboxylic acids is 1. The predicted molar refractivity (Wildman–Crippen MR) is 106 cm³/mol. The summed E-state index contributed by atoms with van der Waals surface area (Å²) in [7, 11) is 0. The van der Waals surface area contributed by atoms with Gasteiger partial charge in [0.2, 0.25) is 0 Å². The van der Waals surface area contributed by atoms with E-state index in [1.54, 1.807) is 6.07 Å². The molecule has 0 radical (unpaired) electrons. The first-order chi connectivity index (χ1) is 12.7. The lowest BCUT2D eigenvalue weighted by Crippen LogP contribution is -2.21. The van der Waals surface area contributed by atoms with Gasteiger partial charge in [-0.1, -0.05) is 50.3 Å². The molecular formula is C19H19N3O4S. The van der Waals surface area contributed by atoms with Crippen molar-refractivity contribution in [1.82, 2.24) is 4.98 Å². The average molecular weight is 385 g/mol. The Hall–Kier alpha value is -3.00. The van der Waals surface area contributed by atoms with Crippen molar-refractivity contribution in [1.29, 1.82) is 0 Å². The third-order valence-electron chi connectivity index (χ3n) is 3.88. The van der Waals surface area contributed by atoms with Gasteiger partial charge in [-0.2, -0.15) is 0 Å². The van der Waals surface area contributed by atoms with E-state index in [1.807, 2.05) is 24.3 Å². The van der Waals surface area contributed by atoms with Gasteiger partial charge in [-0.05, 0) is 23.1 Å². The van der Waals surface area contributed by atoms with Gasteiger partial charge in [-0.25, -0.2) is 4.98 Å². The molecule has 27 heavy (non-hydrogen) atoms. The standard InChI is InChI=1S/C19H19N3O4S/c1-19(2,3)13-6-4-5-7-15(13)26-11-17(23)21-18-20-14-9-8-12(22(24)25)10-16(14)27-18/h4-10H,11H2,1-3H3,(H,20,21,23). The third-order valence-corrected chi connectivity index (χ3v) is 4.82. The van der Waals surface area contributed by atoms with Crippen molar-refractivity contribution in [3.8, 4) is 5.75 Å². The Morgan fingerprint density at radius 3 is 2.70 bits per heavy atom. The molecule has 3 rings (SSSR count). The minimum Gasteiger partial charge on any atom is -0.483 e. The summed E-state index contributed by atoms with van der Waals surface area (Å²) in [5.74, 6) is 0.326. The largest absolute Gasteiger partial charge is 0.483 e. The highest BCUT2D eigenvalue weighted by Crippen LogP contribution is 2.31. The van der Waals surface area contributed by atoms with Crippen molar-refractivity contribution >= 4 is 38.3 Å². The number of nitrogens with one attached hydrogen (secondary N) is 1. The number of rotatable bonds is 5. The number of non-ortho nitro benzene ring substituents is 1. The van der Waals surface area contributed by atoms with Crippen LogP contribution in [0.1, 0.15) is 26.3 Å². The van der Waals surface area contributed by atoms with Crippen molar-refractivity contribution in [3.63, 3.8) is 0 Å². The van der Waals surface area contributed by atoms with Crippen LogP contribution < -0.4 is 10.1 Å². The zero-order valence-corrected chi connectivity index (χ0v) is 16.0. The van der Waals surface area contributed by atoms with E-state index in [9.17, 15) is 14.9 Å². The fraction of sp³-hybridized carbons (Fsp3) is 0.263. The number of nitro groups is 1. The van der Waals surface area contributed by atoms with E-state index in [0.29, 0.717) is 21.1 Å². The zero-order chi connectivity index (χ0) is 19.6. The van der Waals surface area contributed by atoms with Crippen LogP contribution in [0.3, 0.4) is 0 Å². The second kappa shape index (κ2) is 7.32. The first-order valence-electron chi connectivity index (χ1n) is 8.31. The lowest BCUT2D eigenvalue weighted by atomic mass is 9.86. The summed E-state index contributed by atoms with van der Waals surface area (Å²) in [5, 5.41) is 13.9. The van der Waals surface area contributed by atoms with Gasteiger partial charge in [-0.3, -0.25) is 20.2 Å². The van der Waals surface area contributed by atoms with Gasteiger partial charge in [0.25, 0.3) is 11.6 Å². The van der Waals surface area contributed by atoms with E-state index in [0.717, 1.165) is 5.56 Å². The molecule has 2 aromatic carbocycles. The molecule has 0 saturated heterocycles. The van der Waals surface area contributed by atoms with E-state index >= 15 is 0 Å². The maximum absolute atomic E-state index is 12.2. The molecule has 0 atom stereocenters. The molecule has 140 valence electrons. The van der Waals surface area contributed by atoms with Crippen LogP contribution in [0.2, 0.25) is 0 Å². The lowest BCUT2D eigenvalue weighted by molar-refractivity contribution is -0.384. The Morgan fingerprint density at radius 2 is 2.00 bits per heavy atom. The lowest BCUT2D eigenvalue weighted by Gasteiger charge is -2.22. The molecule has 0 spiro atoms. The Labute approximate surface area is 160 Å². The van der Waals surface area contributed by atoms with Crippen molar-refractivity contribution < 1.29 is 14.5 Å². The summed E-state index contributed by atoms with van der Waals surface area (Å²) < 4.78 is 6.34. The Bertz CT molecular complexity index is 1010. The van der Waals surface area contributed by atoms with E-state index < -0.39 is 4.92 Å². The van der Waals surface area contributed by atoms with Crippen LogP contribution >= 0.6 is 11.3 Å². The fourth-order valence-corrected chi connectivity index (χ4v) is 3.51. The second-order valence-electron chi connectivity index (χ2n) is 7.01. The van der Waals surface area contributed by atoms with Gasteiger partial charge in [-0.15, -0.1) is 0 Å². The van der Waals surface area contributed by atoms with E-state index in [4.69, 9.17) is 4.74 Å². The van der Waals surface area contributed by atoms with Crippen molar-refractivity contribution in [3.05, 3.63) is 58.1 Å². The molecule has 7 nitrogen and oxygen atoms in total. The number of amides is 1. The van der Waals surface area contributed by atoms with Crippen LogP contribution in [0.25, 0.3) is 10.2 Å². The molecular weight excluding hydrogens is 366 g/mol. The van der Waals surface area contributed by atoms with Crippen LogP contribution in [-0.4, -0.2) is 22.4 Å². The van der Waals surface area contributed by atoms with Gasteiger partial charge < -0.3 is 4.74 Å². The molecule has 1 N–H and O–H groups in total. The number of hydrogen-bond donors (Lipinski definition) is 1. The van der Waals surface area contributed by atoms with Crippen molar-refractivity contribution in [2.24, 2.45) is 0 Å². The first-order valence-corrected chi connectivity index (χ1v) is 9.13. The van der Waals surface area contributed by atoms with Gasteiger partial charge >= 0.3 is 0 Å². The minimum absolute atomic E-state index is 0.00820. The number of thiazole rings is 1. The Balaban J connectivity index is 1.68. The molecule has 0 saturated carbocycles. The monoisotopic (exact) mass is 385 g/mol. The van der Waals surface area contributed by atoms with Crippen LogP contribution in [0.5, 0.6) is 5.75 Å².